The first-order valence-corrected chi connectivity index (χ1v) is 5.41. The molecule has 0 spiro atoms. The van der Waals surface area contributed by atoms with Crippen LogP contribution in [-0.4, -0.2) is 26.8 Å². The van der Waals surface area contributed by atoms with Crippen molar-refractivity contribution in [3.8, 4) is 0 Å². The minimum Gasteiger partial charge on any atom is -0.543 e. The summed E-state index contributed by atoms with van der Waals surface area (Å²) >= 11 is 5.65. The Hall–Kier alpha value is -2.54. The number of rotatable bonds is 3. The number of carbonyl (C=O) groups is 2. The van der Waals surface area contributed by atoms with E-state index in [9.17, 15) is 14.7 Å². The summed E-state index contributed by atoms with van der Waals surface area (Å²) in [6.07, 6.45) is 3.70. The molecular formula is C11H6ClN4O3-. The number of hydrogen-bond acceptors (Lipinski definition) is 6. The van der Waals surface area contributed by atoms with Crippen LogP contribution in [-0.2, 0) is 0 Å². The van der Waals surface area contributed by atoms with E-state index in [1.54, 1.807) is 0 Å². The summed E-state index contributed by atoms with van der Waals surface area (Å²) in [6, 6.07) is 3.00. The van der Waals surface area contributed by atoms with Crippen LogP contribution in [0, 0.1) is 0 Å². The second-order valence-electron chi connectivity index (χ2n) is 3.36. The molecule has 19 heavy (non-hydrogen) atoms. The average molecular weight is 278 g/mol. The summed E-state index contributed by atoms with van der Waals surface area (Å²) in [5.74, 6) is -2.12. The molecule has 0 radical (unpaired) electrons. The van der Waals surface area contributed by atoms with Gasteiger partial charge in [0.05, 0.1) is 11.0 Å². The number of pyridine rings is 1. The van der Waals surface area contributed by atoms with E-state index in [-0.39, 0.29) is 11.5 Å². The Kier molecular flexibility index (Phi) is 3.67. The highest BCUT2D eigenvalue weighted by Crippen LogP contribution is 2.11. The van der Waals surface area contributed by atoms with Gasteiger partial charge in [0.2, 0.25) is 0 Å². The summed E-state index contributed by atoms with van der Waals surface area (Å²) in [6.45, 7) is 0. The standard InChI is InChI=1S/C11H7ClN4O3/c12-6-1-2-7(15-5-6)16-10(17)8-9(11(18)19)14-4-3-13-8/h1-5H,(H,18,19)(H,15,16,17)/p-1. The van der Waals surface area contributed by atoms with Crippen LogP contribution in [0.1, 0.15) is 21.0 Å². The fraction of sp³-hybridized carbons (Fsp3) is 0. The molecule has 0 saturated carbocycles. The van der Waals surface area contributed by atoms with Crippen LogP contribution in [0.15, 0.2) is 30.7 Å². The molecule has 0 aliphatic carbocycles. The molecule has 0 fully saturated rings. The molecule has 0 aliphatic heterocycles. The summed E-state index contributed by atoms with van der Waals surface area (Å²) in [7, 11) is 0. The van der Waals surface area contributed by atoms with E-state index < -0.39 is 17.6 Å². The van der Waals surface area contributed by atoms with Crippen molar-refractivity contribution in [2.75, 3.05) is 5.32 Å². The van der Waals surface area contributed by atoms with Crippen LogP contribution in [0.3, 0.4) is 0 Å². The van der Waals surface area contributed by atoms with Gasteiger partial charge in [-0.05, 0) is 12.1 Å². The van der Waals surface area contributed by atoms with E-state index in [2.05, 4.69) is 20.3 Å². The maximum Gasteiger partial charge on any atom is 0.277 e. The molecule has 2 rings (SSSR count). The van der Waals surface area contributed by atoms with Crippen LogP contribution in [0.25, 0.3) is 0 Å². The van der Waals surface area contributed by atoms with Crippen LogP contribution in [0.4, 0.5) is 5.82 Å². The van der Waals surface area contributed by atoms with Crippen LogP contribution in [0.5, 0.6) is 0 Å². The monoisotopic (exact) mass is 277 g/mol. The number of aromatic nitrogens is 3. The number of nitrogens with zero attached hydrogens (tertiary/aromatic N) is 3. The first-order chi connectivity index (χ1) is 9.08. The lowest BCUT2D eigenvalue weighted by Crippen LogP contribution is -2.28. The number of halogens is 1. The molecule has 2 heterocycles. The topological polar surface area (TPSA) is 108 Å². The number of carboxylic acid groups (broad SMARTS) is 1. The number of carbonyl (C=O) groups excluding carboxylic acids is 2. The molecule has 0 saturated heterocycles. The summed E-state index contributed by atoms with van der Waals surface area (Å²) in [5, 5.41) is 13.6. The third kappa shape index (κ3) is 3.02. The average Bonchev–Trinajstić information content (AvgIpc) is 2.41. The van der Waals surface area contributed by atoms with Crippen molar-refractivity contribution in [2.45, 2.75) is 0 Å². The van der Waals surface area contributed by atoms with Crippen LogP contribution < -0.4 is 10.4 Å². The number of amides is 1. The lowest BCUT2D eigenvalue weighted by molar-refractivity contribution is -0.255. The quantitative estimate of drug-likeness (QED) is 0.855. The van der Waals surface area contributed by atoms with Crippen molar-refractivity contribution < 1.29 is 14.7 Å². The molecule has 0 aliphatic rings. The van der Waals surface area contributed by atoms with Gasteiger partial charge in [0.1, 0.15) is 11.5 Å². The Morgan fingerprint density at radius 3 is 2.37 bits per heavy atom. The highest BCUT2D eigenvalue weighted by Gasteiger charge is 2.15. The number of hydrogen-bond donors (Lipinski definition) is 1. The van der Waals surface area contributed by atoms with Crippen molar-refractivity contribution in [1.29, 1.82) is 0 Å². The Bertz CT molecular complexity index is 630. The fourth-order valence-corrected chi connectivity index (χ4v) is 1.39. The third-order valence-corrected chi connectivity index (χ3v) is 2.30. The van der Waals surface area contributed by atoms with E-state index in [0.29, 0.717) is 5.02 Å². The zero-order valence-corrected chi connectivity index (χ0v) is 10.1. The second kappa shape index (κ2) is 5.40. The summed E-state index contributed by atoms with van der Waals surface area (Å²) < 4.78 is 0. The smallest absolute Gasteiger partial charge is 0.277 e. The van der Waals surface area contributed by atoms with E-state index in [1.165, 1.54) is 24.5 Å². The van der Waals surface area contributed by atoms with Gasteiger partial charge in [0, 0.05) is 18.6 Å². The van der Waals surface area contributed by atoms with Gasteiger partial charge in [-0.25, -0.2) is 9.97 Å². The Morgan fingerprint density at radius 1 is 1.11 bits per heavy atom. The van der Waals surface area contributed by atoms with E-state index in [4.69, 9.17) is 11.6 Å². The normalized spacial score (nSPS) is 9.95. The molecule has 0 atom stereocenters. The van der Waals surface area contributed by atoms with Gasteiger partial charge < -0.3 is 15.2 Å². The SMILES string of the molecule is O=C([O-])c1nccnc1C(=O)Nc1ccc(Cl)cn1. The number of carboxylic acids is 1. The number of anilines is 1. The van der Waals surface area contributed by atoms with Crippen LogP contribution >= 0.6 is 11.6 Å². The fourth-order valence-electron chi connectivity index (χ4n) is 1.28. The molecule has 1 N–H and O–H groups in total. The Labute approximate surface area is 112 Å². The van der Waals surface area contributed by atoms with E-state index in [1.807, 2.05) is 0 Å². The zero-order valence-electron chi connectivity index (χ0n) is 9.33. The molecule has 0 unspecified atom stereocenters. The molecular weight excluding hydrogens is 272 g/mol. The van der Waals surface area contributed by atoms with Crippen LogP contribution in [0.2, 0.25) is 5.02 Å². The van der Waals surface area contributed by atoms with Gasteiger partial charge in [0.15, 0.2) is 5.69 Å². The predicted octanol–water partition coefficient (Wildman–Crippen LogP) is 0.141. The van der Waals surface area contributed by atoms with E-state index >= 15 is 0 Å². The highest BCUT2D eigenvalue weighted by molar-refractivity contribution is 6.30. The van der Waals surface area contributed by atoms with Gasteiger partial charge in [-0.15, -0.1) is 0 Å². The lowest BCUT2D eigenvalue weighted by Gasteiger charge is -2.08. The van der Waals surface area contributed by atoms with Gasteiger partial charge in [-0.1, -0.05) is 11.6 Å². The molecule has 2 aromatic rings. The number of nitrogens with one attached hydrogen (secondary N) is 1. The van der Waals surface area contributed by atoms with Gasteiger partial charge in [0.25, 0.3) is 5.91 Å². The minimum absolute atomic E-state index is 0.212. The first-order valence-electron chi connectivity index (χ1n) is 5.03. The largest absolute Gasteiger partial charge is 0.543 e. The Balaban J connectivity index is 2.25. The molecule has 0 aromatic carbocycles. The zero-order chi connectivity index (χ0) is 13.8. The summed E-state index contributed by atoms with van der Waals surface area (Å²) in [4.78, 5) is 33.7. The van der Waals surface area contributed by atoms with E-state index in [0.717, 1.165) is 6.20 Å². The van der Waals surface area contributed by atoms with Crippen molar-refractivity contribution in [2.24, 2.45) is 0 Å². The van der Waals surface area contributed by atoms with Crippen molar-refractivity contribution >= 4 is 29.3 Å². The molecule has 96 valence electrons. The van der Waals surface area contributed by atoms with Crippen molar-refractivity contribution in [3.63, 3.8) is 0 Å². The maximum absolute atomic E-state index is 11.8. The summed E-state index contributed by atoms with van der Waals surface area (Å²) in [5.41, 5.74) is -0.881. The minimum atomic E-state index is -1.58. The van der Waals surface area contributed by atoms with Crippen molar-refractivity contribution in [3.05, 3.63) is 47.1 Å². The second-order valence-corrected chi connectivity index (χ2v) is 3.79. The molecule has 8 heteroatoms. The van der Waals surface area contributed by atoms with Gasteiger partial charge in [-0.3, -0.25) is 9.78 Å². The van der Waals surface area contributed by atoms with Gasteiger partial charge >= 0.3 is 0 Å². The predicted molar refractivity (Wildman–Crippen MR) is 63.6 cm³/mol. The first kappa shape index (κ1) is 12.9. The lowest BCUT2D eigenvalue weighted by atomic mass is 10.3. The Morgan fingerprint density at radius 2 is 1.79 bits per heavy atom. The van der Waals surface area contributed by atoms with Gasteiger partial charge in [-0.2, -0.15) is 0 Å². The van der Waals surface area contributed by atoms with Crippen molar-refractivity contribution in [1.82, 2.24) is 15.0 Å². The highest BCUT2D eigenvalue weighted by atomic mass is 35.5. The number of aromatic carboxylic acids is 1. The maximum atomic E-state index is 11.8. The third-order valence-electron chi connectivity index (χ3n) is 2.08. The molecule has 1 amide bonds. The molecule has 0 bridgehead atoms. The molecule has 2 aromatic heterocycles. The molecule has 7 nitrogen and oxygen atoms in total.